The van der Waals surface area contributed by atoms with Crippen LogP contribution in [0, 0.1) is 6.92 Å². The van der Waals surface area contributed by atoms with Gasteiger partial charge in [0.2, 0.25) is 0 Å². The molecule has 0 unspecified atom stereocenters. The second-order valence-electron chi connectivity index (χ2n) is 5.16. The Morgan fingerprint density at radius 2 is 1.92 bits per heavy atom. The molecular formula is C17H18BrN3O2S. The number of carbonyl (C=O) groups is 1. The number of anilines is 1. The molecule has 2 rings (SSSR count). The molecule has 2 aromatic rings. The summed E-state index contributed by atoms with van der Waals surface area (Å²) in [5, 5.41) is 3.29. The molecule has 0 saturated heterocycles. The van der Waals surface area contributed by atoms with Crippen LogP contribution in [0.1, 0.15) is 12.5 Å². The maximum atomic E-state index is 12.0. The largest absolute Gasteiger partial charge is 0.481 e. The second kappa shape index (κ2) is 8.65. The third kappa shape index (κ3) is 5.82. The van der Waals surface area contributed by atoms with Crippen molar-refractivity contribution in [2.75, 3.05) is 5.32 Å². The van der Waals surface area contributed by atoms with Gasteiger partial charge < -0.3 is 10.1 Å². The molecule has 2 aromatic carbocycles. The van der Waals surface area contributed by atoms with E-state index in [-0.39, 0.29) is 5.91 Å². The predicted molar refractivity (Wildman–Crippen MR) is 103 cm³/mol. The number of hydrogen-bond donors (Lipinski definition) is 3. The van der Waals surface area contributed by atoms with E-state index in [0.717, 1.165) is 15.7 Å². The average molecular weight is 408 g/mol. The van der Waals surface area contributed by atoms with Gasteiger partial charge >= 0.3 is 0 Å². The molecule has 3 N–H and O–H groups in total. The molecule has 0 aromatic heterocycles. The molecule has 0 fully saturated rings. The van der Waals surface area contributed by atoms with Crippen molar-refractivity contribution in [3.63, 3.8) is 0 Å². The summed E-state index contributed by atoms with van der Waals surface area (Å²) in [6, 6.07) is 15.1. The van der Waals surface area contributed by atoms with Gasteiger partial charge in [0.05, 0.1) is 0 Å². The fourth-order valence-corrected chi connectivity index (χ4v) is 2.45. The monoisotopic (exact) mass is 407 g/mol. The van der Waals surface area contributed by atoms with Gasteiger partial charge in [-0.25, -0.2) is 0 Å². The van der Waals surface area contributed by atoms with E-state index in [1.807, 2.05) is 43.3 Å². The Kier molecular flexibility index (Phi) is 6.57. The van der Waals surface area contributed by atoms with Crippen molar-refractivity contribution in [3.05, 3.63) is 58.6 Å². The SMILES string of the molecule is Cc1cccc(NC(=S)NNC(=O)[C@H](C)Oc2cccc(Br)c2)c1. The predicted octanol–water partition coefficient (Wildman–Crippen LogP) is 3.54. The number of aryl methyl sites for hydroxylation is 1. The van der Waals surface area contributed by atoms with Crippen LogP contribution < -0.4 is 20.9 Å². The van der Waals surface area contributed by atoms with Crippen LogP contribution in [0.5, 0.6) is 5.75 Å². The Morgan fingerprint density at radius 1 is 1.17 bits per heavy atom. The van der Waals surface area contributed by atoms with Crippen molar-refractivity contribution in [3.8, 4) is 5.75 Å². The summed E-state index contributed by atoms with van der Waals surface area (Å²) < 4.78 is 6.46. The first kappa shape index (κ1) is 18.2. The number of ether oxygens (including phenoxy) is 1. The van der Waals surface area contributed by atoms with Gasteiger partial charge in [-0.15, -0.1) is 0 Å². The van der Waals surface area contributed by atoms with Crippen molar-refractivity contribution in [1.29, 1.82) is 0 Å². The number of amides is 1. The number of halogens is 1. The molecule has 7 heteroatoms. The number of benzene rings is 2. The van der Waals surface area contributed by atoms with Gasteiger partial charge in [-0.3, -0.25) is 15.6 Å². The van der Waals surface area contributed by atoms with E-state index >= 15 is 0 Å². The number of hydrazine groups is 1. The highest BCUT2D eigenvalue weighted by atomic mass is 79.9. The average Bonchev–Trinajstić information content (AvgIpc) is 2.52. The lowest BCUT2D eigenvalue weighted by atomic mass is 10.2. The van der Waals surface area contributed by atoms with Crippen LogP contribution in [-0.4, -0.2) is 17.1 Å². The molecule has 0 saturated carbocycles. The van der Waals surface area contributed by atoms with Crippen molar-refractivity contribution in [2.45, 2.75) is 20.0 Å². The first-order valence-corrected chi connectivity index (χ1v) is 8.50. The normalized spacial score (nSPS) is 11.3. The first-order valence-electron chi connectivity index (χ1n) is 7.30. The third-order valence-corrected chi connectivity index (χ3v) is 3.75. The fourth-order valence-electron chi connectivity index (χ4n) is 1.90. The highest BCUT2D eigenvalue weighted by molar-refractivity contribution is 9.10. The minimum atomic E-state index is -0.673. The van der Waals surface area contributed by atoms with Crippen molar-refractivity contribution < 1.29 is 9.53 Å². The molecule has 0 aliphatic heterocycles. The van der Waals surface area contributed by atoms with Crippen LogP contribution in [0.25, 0.3) is 0 Å². The minimum Gasteiger partial charge on any atom is -0.481 e. The lowest BCUT2D eigenvalue weighted by Crippen LogP contribution is -2.48. The van der Waals surface area contributed by atoms with Crippen molar-refractivity contribution in [1.82, 2.24) is 10.9 Å². The maximum Gasteiger partial charge on any atom is 0.279 e. The number of thiocarbonyl (C=S) groups is 1. The third-order valence-electron chi connectivity index (χ3n) is 3.05. The Bertz CT molecular complexity index is 739. The zero-order valence-electron chi connectivity index (χ0n) is 13.3. The number of rotatable bonds is 4. The van der Waals surface area contributed by atoms with Crippen molar-refractivity contribution in [2.24, 2.45) is 0 Å². The number of hydrogen-bond acceptors (Lipinski definition) is 3. The zero-order valence-corrected chi connectivity index (χ0v) is 15.7. The fraction of sp³-hybridized carbons (Fsp3) is 0.176. The topological polar surface area (TPSA) is 62.4 Å². The van der Waals surface area contributed by atoms with Gasteiger partial charge in [-0.1, -0.05) is 34.1 Å². The summed E-state index contributed by atoms with van der Waals surface area (Å²) in [6.07, 6.45) is -0.673. The lowest BCUT2D eigenvalue weighted by molar-refractivity contribution is -0.127. The summed E-state index contributed by atoms with van der Waals surface area (Å²) in [5.74, 6) is 0.274. The lowest BCUT2D eigenvalue weighted by Gasteiger charge is -2.16. The van der Waals surface area contributed by atoms with Crippen LogP contribution in [0.3, 0.4) is 0 Å². The molecule has 0 bridgehead atoms. The van der Waals surface area contributed by atoms with E-state index in [1.54, 1.807) is 19.1 Å². The second-order valence-corrected chi connectivity index (χ2v) is 6.48. The Morgan fingerprint density at radius 3 is 2.62 bits per heavy atom. The summed E-state index contributed by atoms with van der Waals surface area (Å²) >= 11 is 8.50. The van der Waals surface area contributed by atoms with Crippen LogP contribution in [0.2, 0.25) is 0 Å². The minimum absolute atomic E-state index is 0.295. The molecule has 0 aliphatic rings. The van der Waals surface area contributed by atoms with E-state index in [9.17, 15) is 4.79 Å². The van der Waals surface area contributed by atoms with Gasteiger partial charge in [0.1, 0.15) is 5.75 Å². The number of carbonyl (C=O) groups excluding carboxylic acids is 1. The smallest absolute Gasteiger partial charge is 0.279 e. The highest BCUT2D eigenvalue weighted by Gasteiger charge is 2.14. The Labute approximate surface area is 154 Å². The van der Waals surface area contributed by atoms with E-state index in [4.69, 9.17) is 17.0 Å². The van der Waals surface area contributed by atoms with Crippen molar-refractivity contribution >= 4 is 44.9 Å². The molecule has 0 aliphatic carbocycles. The number of nitrogens with one attached hydrogen (secondary N) is 3. The Hall–Kier alpha value is -2.12. The summed E-state index contributed by atoms with van der Waals surface area (Å²) in [5.41, 5.74) is 7.14. The molecule has 1 atom stereocenters. The molecule has 0 spiro atoms. The van der Waals surface area contributed by atoms with E-state index in [2.05, 4.69) is 32.1 Å². The molecule has 5 nitrogen and oxygen atoms in total. The van der Waals surface area contributed by atoms with Crippen LogP contribution in [0.15, 0.2) is 53.0 Å². The molecule has 0 heterocycles. The molecule has 24 heavy (non-hydrogen) atoms. The highest BCUT2D eigenvalue weighted by Crippen LogP contribution is 2.18. The van der Waals surface area contributed by atoms with Gasteiger partial charge in [-0.05, 0) is 62.0 Å². The van der Waals surface area contributed by atoms with Crippen LogP contribution in [0.4, 0.5) is 5.69 Å². The summed E-state index contributed by atoms with van der Waals surface area (Å²) in [4.78, 5) is 12.0. The first-order chi connectivity index (χ1) is 11.4. The Balaban J connectivity index is 1.80. The van der Waals surface area contributed by atoms with Gasteiger partial charge in [-0.2, -0.15) is 0 Å². The molecule has 126 valence electrons. The molecule has 1 amide bonds. The van der Waals surface area contributed by atoms with E-state index < -0.39 is 6.10 Å². The van der Waals surface area contributed by atoms with E-state index in [1.165, 1.54) is 0 Å². The van der Waals surface area contributed by atoms with Gasteiger partial charge in [0.25, 0.3) is 5.91 Å². The van der Waals surface area contributed by atoms with E-state index in [0.29, 0.717) is 10.9 Å². The van der Waals surface area contributed by atoms with Gasteiger partial charge in [0, 0.05) is 10.2 Å². The maximum absolute atomic E-state index is 12.0. The molecular weight excluding hydrogens is 390 g/mol. The quantitative estimate of drug-likeness (QED) is 0.534. The molecule has 0 radical (unpaired) electrons. The summed E-state index contributed by atoms with van der Waals surface area (Å²) in [7, 11) is 0. The summed E-state index contributed by atoms with van der Waals surface area (Å²) in [6.45, 7) is 3.65. The standard InChI is InChI=1S/C17H18BrN3O2S/c1-11-5-3-7-14(9-11)19-17(24)21-20-16(22)12(2)23-15-8-4-6-13(18)10-15/h3-10,12H,1-2H3,(H,20,22)(H2,19,21,24)/t12-/m0/s1. The van der Waals surface area contributed by atoms with Gasteiger partial charge in [0.15, 0.2) is 11.2 Å². The zero-order chi connectivity index (χ0) is 17.5. The van der Waals surface area contributed by atoms with Crippen LogP contribution in [-0.2, 0) is 4.79 Å². The van der Waals surface area contributed by atoms with Crippen LogP contribution >= 0.6 is 28.1 Å².